The molecule has 1 aliphatic rings. The maximum Gasteiger partial charge on any atom is 0.262 e. The van der Waals surface area contributed by atoms with Crippen molar-refractivity contribution in [3.05, 3.63) is 51.4 Å². The van der Waals surface area contributed by atoms with Crippen molar-refractivity contribution < 1.29 is 9.47 Å². The van der Waals surface area contributed by atoms with Gasteiger partial charge in [0, 0.05) is 17.6 Å². The van der Waals surface area contributed by atoms with Gasteiger partial charge in [0.1, 0.15) is 11.5 Å². The second-order valence-corrected chi connectivity index (χ2v) is 4.68. The fourth-order valence-electron chi connectivity index (χ4n) is 2.23. The van der Waals surface area contributed by atoms with Gasteiger partial charge in [-0.15, -0.1) is 0 Å². The molecule has 98 valence electrons. The zero-order valence-corrected chi connectivity index (χ0v) is 11.1. The highest BCUT2D eigenvalue weighted by Crippen LogP contribution is 2.27. The largest absolute Gasteiger partial charge is 0.495 e. The third-order valence-electron chi connectivity index (χ3n) is 3.16. The number of halogens is 1. The van der Waals surface area contributed by atoms with Crippen molar-refractivity contribution in [2.75, 3.05) is 13.7 Å². The van der Waals surface area contributed by atoms with Crippen molar-refractivity contribution >= 4 is 11.6 Å². The van der Waals surface area contributed by atoms with E-state index in [1.807, 2.05) is 0 Å². The summed E-state index contributed by atoms with van der Waals surface area (Å²) in [5.74, 6) is 1.27. The molecule has 0 fully saturated rings. The van der Waals surface area contributed by atoms with Gasteiger partial charge in [0.05, 0.1) is 25.0 Å². The van der Waals surface area contributed by atoms with E-state index >= 15 is 0 Å². The predicted molar refractivity (Wildman–Crippen MR) is 72.8 cm³/mol. The molecular formula is C14H12ClNO3. The number of benzene rings is 1. The summed E-state index contributed by atoms with van der Waals surface area (Å²) in [6.07, 6.45) is 2.32. The highest BCUT2D eigenvalue weighted by Gasteiger charge is 2.19. The third kappa shape index (κ3) is 1.98. The molecule has 0 saturated carbocycles. The molecule has 0 unspecified atom stereocenters. The number of fused-ring (bicyclic) bond motifs is 1. The molecule has 0 saturated heterocycles. The molecule has 5 heteroatoms. The van der Waals surface area contributed by atoms with Crippen LogP contribution in [-0.4, -0.2) is 18.3 Å². The highest BCUT2D eigenvalue weighted by molar-refractivity contribution is 6.30. The van der Waals surface area contributed by atoms with Crippen LogP contribution in [0, 0.1) is 0 Å². The Hall–Kier alpha value is -1.94. The van der Waals surface area contributed by atoms with E-state index in [0.29, 0.717) is 40.8 Å². The van der Waals surface area contributed by atoms with Gasteiger partial charge in [-0.1, -0.05) is 11.6 Å². The summed E-state index contributed by atoms with van der Waals surface area (Å²) >= 11 is 6.00. The van der Waals surface area contributed by atoms with Crippen LogP contribution in [0.1, 0.15) is 5.56 Å². The molecule has 1 aliphatic heterocycles. The third-order valence-corrected chi connectivity index (χ3v) is 3.39. The minimum Gasteiger partial charge on any atom is -0.495 e. The Labute approximate surface area is 115 Å². The zero-order chi connectivity index (χ0) is 13.4. The van der Waals surface area contributed by atoms with Crippen molar-refractivity contribution in [3.63, 3.8) is 0 Å². The molecule has 19 heavy (non-hydrogen) atoms. The normalized spacial score (nSPS) is 12.9. The standard InChI is InChI=1S/C14H12ClNO3/c1-18-13-3-2-9(15)8-11(13)16-6-4-12-10(14(16)17)5-7-19-12/h2-4,6,8H,5,7H2,1H3. The summed E-state index contributed by atoms with van der Waals surface area (Å²) in [7, 11) is 1.56. The van der Waals surface area contributed by atoms with Gasteiger partial charge in [-0.3, -0.25) is 9.36 Å². The molecule has 1 aromatic heterocycles. The molecule has 0 atom stereocenters. The molecule has 0 amide bonds. The zero-order valence-electron chi connectivity index (χ0n) is 10.4. The van der Waals surface area contributed by atoms with E-state index < -0.39 is 0 Å². The van der Waals surface area contributed by atoms with Crippen LogP contribution in [-0.2, 0) is 6.42 Å². The van der Waals surface area contributed by atoms with Gasteiger partial charge in [-0.25, -0.2) is 0 Å². The summed E-state index contributed by atoms with van der Waals surface area (Å²) in [5.41, 5.74) is 1.25. The molecule has 4 nitrogen and oxygen atoms in total. The molecule has 0 aliphatic carbocycles. The lowest BCUT2D eigenvalue weighted by atomic mass is 10.2. The van der Waals surface area contributed by atoms with E-state index in [0.717, 1.165) is 0 Å². The van der Waals surface area contributed by atoms with E-state index in [1.165, 1.54) is 4.57 Å². The molecular weight excluding hydrogens is 266 g/mol. The highest BCUT2D eigenvalue weighted by atomic mass is 35.5. The lowest BCUT2D eigenvalue weighted by Gasteiger charge is -2.12. The van der Waals surface area contributed by atoms with Crippen LogP contribution in [0.15, 0.2) is 35.3 Å². The molecule has 0 bridgehead atoms. The monoisotopic (exact) mass is 277 g/mol. The Morgan fingerprint density at radius 3 is 3.00 bits per heavy atom. The smallest absolute Gasteiger partial charge is 0.262 e. The topological polar surface area (TPSA) is 40.5 Å². The van der Waals surface area contributed by atoms with E-state index in [4.69, 9.17) is 21.1 Å². The Morgan fingerprint density at radius 1 is 1.37 bits per heavy atom. The number of aromatic nitrogens is 1. The molecule has 2 aromatic rings. The summed E-state index contributed by atoms with van der Waals surface area (Å²) in [4.78, 5) is 12.4. The summed E-state index contributed by atoms with van der Waals surface area (Å²) in [6, 6.07) is 6.98. The van der Waals surface area contributed by atoms with Crippen LogP contribution in [0.4, 0.5) is 0 Å². The number of methoxy groups -OCH3 is 1. The number of pyridine rings is 1. The van der Waals surface area contributed by atoms with Crippen LogP contribution in [0.5, 0.6) is 11.5 Å². The van der Waals surface area contributed by atoms with E-state index in [1.54, 1.807) is 37.6 Å². The predicted octanol–water partition coefficient (Wildman–Crippen LogP) is 2.43. The maximum absolute atomic E-state index is 12.4. The first-order chi connectivity index (χ1) is 9.20. The lowest BCUT2D eigenvalue weighted by Crippen LogP contribution is -2.21. The van der Waals surface area contributed by atoms with Gasteiger partial charge >= 0.3 is 0 Å². The molecule has 1 aromatic carbocycles. The molecule has 0 N–H and O–H groups in total. The van der Waals surface area contributed by atoms with Crippen LogP contribution < -0.4 is 15.0 Å². The van der Waals surface area contributed by atoms with Gasteiger partial charge < -0.3 is 9.47 Å². The molecule has 0 spiro atoms. The van der Waals surface area contributed by atoms with E-state index in [2.05, 4.69) is 0 Å². The minimum absolute atomic E-state index is 0.0874. The Bertz CT molecular complexity index is 694. The van der Waals surface area contributed by atoms with Crippen molar-refractivity contribution in [1.29, 1.82) is 0 Å². The lowest BCUT2D eigenvalue weighted by molar-refractivity contribution is 0.356. The molecule has 3 rings (SSSR count). The molecule has 0 radical (unpaired) electrons. The fourth-order valence-corrected chi connectivity index (χ4v) is 2.40. The van der Waals surface area contributed by atoms with Crippen LogP contribution in [0.3, 0.4) is 0 Å². The summed E-state index contributed by atoms with van der Waals surface area (Å²) < 4.78 is 12.2. The fraction of sp³-hybridized carbons (Fsp3) is 0.214. The average Bonchev–Trinajstić information content (AvgIpc) is 2.88. The number of hydrogen-bond donors (Lipinski definition) is 0. The van der Waals surface area contributed by atoms with Crippen molar-refractivity contribution in [1.82, 2.24) is 4.57 Å². The second kappa shape index (κ2) is 4.63. The van der Waals surface area contributed by atoms with Gasteiger partial charge in [0.2, 0.25) is 0 Å². The first-order valence-electron chi connectivity index (χ1n) is 5.92. The van der Waals surface area contributed by atoms with Crippen LogP contribution >= 0.6 is 11.6 Å². The van der Waals surface area contributed by atoms with Crippen LogP contribution in [0.25, 0.3) is 5.69 Å². The Kier molecular flexibility index (Phi) is 2.95. The summed E-state index contributed by atoms with van der Waals surface area (Å²) in [5, 5.41) is 0.555. The van der Waals surface area contributed by atoms with E-state index in [9.17, 15) is 4.79 Å². The van der Waals surface area contributed by atoms with Crippen molar-refractivity contribution in [2.45, 2.75) is 6.42 Å². The minimum atomic E-state index is -0.0874. The number of nitrogens with zero attached hydrogens (tertiary/aromatic N) is 1. The Morgan fingerprint density at radius 2 is 2.21 bits per heavy atom. The number of hydrogen-bond acceptors (Lipinski definition) is 3. The van der Waals surface area contributed by atoms with Crippen molar-refractivity contribution in [2.24, 2.45) is 0 Å². The number of ether oxygens (including phenoxy) is 2. The number of rotatable bonds is 2. The second-order valence-electron chi connectivity index (χ2n) is 4.25. The van der Waals surface area contributed by atoms with Gasteiger partial charge in [-0.2, -0.15) is 0 Å². The maximum atomic E-state index is 12.4. The first-order valence-corrected chi connectivity index (χ1v) is 6.30. The van der Waals surface area contributed by atoms with Gasteiger partial charge in [-0.05, 0) is 24.3 Å². The molecule has 2 heterocycles. The van der Waals surface area contributed by atoms with Crippen molar-refractivity contribution in [3.8, 4) is 17.2 Å². The average molecular weight is 278 g/mol. The SMILES string of the molecule is COc1ccc(Cl)cc1-n1ccc2c(c1=O)CCO2. The quantitative estimate of drug-likeness (QED) is 0.846. The first kappa shape index (κ1) is 12.1. The van der Waals surface area contributed by atoms with E-state index in [-0.39, 0.29) is 5.56 Å². The summed E-state index contributed by atoms with van der Waals surface area (Å²) in [6.45, 7) is 0.557. The van der Waals surface area contributed by atoms with Gasteiger partial charge in [0.15, 0.2) is 0 Å². The Balaban J connectivity index is 2.23. The van der Waals surface area contributed by atoms with Gasteiger partial charge in [0.25, 0.3) is 5.56 Å². The van der Waals surface area contributed by atoms with Crippen LogP contribution in [0.2, 0.25) is 5.02 Å².